The fourth-order valence-corrected chi connectivity index (χ4v) is 1.74. The zero-order valence-electron chi connectivity index (χ0n) is 8.78. The number of fused-ring (bicyclic) bond motifs is 1. The van der Waals surface area contributed by atoms with E-state index < -0.39 is 6.29 Å². The zero-order valence-corrected chi connectivity index (χ0v) is 8.78. The van der Waals surface area contributed by atoms with Crippen LogP contribution in [0, 0.1) is 11.3 Å². The first-order valence-corrected chi connectivity index (χ1v) is 4.94. The molecule has 0 atom stereocenters. The minimum Gasteiger partial charge on any atom is -0.395 e. The van der Waals surface area contributed by atoms with E-state index in [1.807, 2.05) is 6.07 Å². The van der Waals surface area contributed by atoms with Gasteiger partial charge in [-0.1, -0.05) is 6.07 Å². The van der Waals surface area contributed by atoms with E-state index >= 15 is 0 Å². The first-order chi connectivity index (χ1) is 8.61. The van der Waals surface area contributed by atoms with Gasteiger partial charge in [-0.2, -0.15) is 10.4 Å². The first-order valence-electron chi connectivity index (χ1n) is 4.94. The van der Waals surface area contributed by atoms with E-state index in [-0.39, 0.29) is 28.3 Å². The molecule has 0 aliphatic carbocycles. The van der Waals surface area contributed by atoms with Crippen molar-refractivity contribution < 1.29 is 18.3 Å². The van der Waals surface area contributed by atoms with Gasteiger partial charge in [-0.3, -0.25) is 5.10 Å². The minimum absolute atomic E-state index is 0.0793. The average molecular weight is 249 g/mol. The predicted molar refractivity (Wildman–Crippen MR) is 54.9 cm³/mol. The second-order valence-electron chi connectivity index (χ2n) is 3.56. The summed E-state index contributed by atoms with van der Waals surface area (Å²) in [6, 6.07) is 6.32. The van der Waals surface area contributed by atoms with Crippen LogP contribution in [0.25, 0.3) is 11.3 Å². The third kappa shape index (κ3) is 1.47. The molecule has 2 aromatic rings. The zero-order chi connectivity index (χ0) is 12.8. The van der Waals surface area contributed by atoms with Crippen LogP contribution in [0.5, 0.6) is 11.5 Å². The lowest BCUT2D eigenvalue weighted by Crippen LogP contribution is -2.26. The standard InChI is InChI=1S/C11H5F2N3O2/c12-11(13)17-8-3-1-2-7(10(8)18-11)9-6(4-14)5-15-16-9/h1-3,5H,(H,15,16). The summed E-state index contributed by atoms with van der Waals surface area (Å²) in [6.45, 7) is 0. The van der Waals surface area contributed by atoms with Crippen LogP contribution in [0.4, 0.5) is 8.78 Å². The molecule has 2 heterocycles. The van der Waals surface area contributed by atoms with Gasteiger partial charge in [-0.25, -0.2) is 0 Å². The van der Waals surface area contributed by atoms with Gasteiger partial charge in [-0.05, 0) is 12.1 Å². The molecule has 1 aliphatic rings. The van der Waals surface area contributed by atoms with Gasteiger partial charge in [-0.15, -0.1) is 8.78 Å². The monoisotopic (exact) mass is 249 g/mol. The van der Waals surface area contributed by atoms with E-state index in [1.165, 1.54) is 24.4 Å². The Bertz CT molecular complexity index is 661. The number of para-hydroxylation sites is 1. The molecular weight excluding hydrogens is 244 g/mol. The Labute approximate surface area is 99.6 Å². The van der Waals surface area contributed by atoms with Crippen LogP contribution in [0.2, 0.25) is 0 Å². The molecule has 0 saturated heterocycles. The number of nitrogens with zero attached hydrogens (tertiary/aromatic N) is 2. The lowest BCUT2D eigenvalue weighted by atomic mass is 10.1. The summed E-state index contributed by atoms with van der Waals surface area (Å²) < 4.78 is 34.8. The summed E-state index contributed by atoms with van der Waals surface area (Å²) in [5.74, 6) is -0.199. The Kier molecular flexibility index (Phi) is 2.01. The number of nitriles is 1. The highest BCUT2D eigenvalue weighted by molar-refractivity contribution is 5.75. The lowest BCUT2D eigenvalue weighted by Gasteiger charge is -2.05. The van der Waals surface area contributed by atoms with Crippen molar-refractivity contribution in [3.8, 4) is 28.8 Å². The Morgan fingerprint density at radius 3 is 2.94 bits per heavy atom. The molecule has 1 aromatic carbocycles. The minimum atomic E-state index is -3.69. The fourth-order valence-electron chi connectivity index (χ4n) is 1.74. The van der Waals surface area contributed by atoms with Gasteiger partial charge in [0.25, 0.3) is 0 Å². The molecule has 0 spiro atoms. The quantitative estimate of drug-likeness (QED) is 0.841. The smallest absolute Gasteiger partial charge is 0.395 e. The number of H-pyrrole nitrogens is 1. The van der Waals surface area contributed by atoms with Crippen LogP contribution < -0.4 is 9.47 Å². The number of hydrogen-bond donors (Lipinski definition) is 1. The number of rotatable bonds is 1. The number of benzene rings is 1. The molecule has 0 unspecified atom stereocenters. The molecule has 0 saturated carbocycles. The topological polar surface area (TPSA) is 70.9 Å². The fraction of sp³-hybridized carbons (Fsp3) is 0.0909. The van der Waals surface area contributed by atoms with Crippen LogP contribution in [-0.2, 0) is 0 Å². The largest absolute Gasteiger partial charge is 0.586 e. The maximum atomic E-state index is 13.0. The molecule has 0 radical (unpaired) electrons. The van der Waals surface area contributed by atoms with E-state index in [1.54, 1.807) is 0 Å². The van der Waals surface area contributed by atoms with Gasteiger partial charge in [0.1, 0.15) is 11.8 Å². The summed E-state index contributed by atoms with van der Waals surface area (Å²) >= 11 is 0. The van der Waals surface area contributed by atoms with Crippen LogP contribution in [0.1, 0.15) is 5.56 Å². The molecule has 0 amide bonds. The Morgan fingerprint density at radius 1 is 1.33 bits per heavy atom. The third-order valence-electron chi connectivity index (χ3n) is 2.44. The van der Waals surface area contributed by atoms with Crippen molar-refractivity contribution in [2.24, 2.45) is 0 Å². The Hall–Kier alpha value is -2.62. The molecule has 0 fully saturated rings. The van der Waals surface area contributed by atoms with Crippen molar-refractivity contribution in [2.45, 2.75) is 6.29 Å². The molecule has 18 heavy (non-hydrogen) atoms. The molecule has 1 aliphatic heterocycles. The SMILES string of the molecule is N#Cc1c[nH]nc1-c1cccc2c1OC(F)(F)O2. The van der Waals surface area contributed by atoms with E-state index in [0.717, 1.165) is 0 Å². The lowest BCUT2D eigenvalue weighted by molar-refractivity contribution is -0.286. The molecule has 1 N–H and O–H groups in total. The van der Waals surface area contributed by atoms with Crippen LogP contribution in [-0.4, -0.2) is 16.5 Å². The van der Waals surface area contributed by atoms with Crippen molar-refractivity contribution >= 4 is 0 Å². The Balaban J connectivity index is 2.17. The van der Waals surface area contributed by atoms with E-state index in [4.69, 9.17) is 5.26 Å². The number of aromatic nitrogens is 2. The molecule has 1 aromatic heterocycles. The van der Waals surface area contributed by atoms with E-state index in [9.17, 15) is 8.78 Å². The molecule has 90 valence electrons. The molecule has 7 heteroatoms. The first kappa shape index (κ1) is 10.5. The average Bonchev–Trinajstić information content (AvgIpc) is 2.89. The summed E-state index contributed by atoms with van der Waals surface area (Å²) in [7, 11) is 0. The predicted octanol–water partition coefficient (Wildman–Crippen LogP) is 2.27. The summed E-state index contributed by atoms with van der Waals surface area (Å²) in [6.07, 6.45) is -2.32. The van der Waals surface area contributed by atoms with Gasteiger partial charge in [0, 0.05) is 11.8 Å². The van der Waals surface area contributed by atoms with E-state index in [2.05, 4.69) is 19.7 Å². The van der Waals surface area contributed by atoms with Crippen molar-refractivity contribution in [1.29, 1.82) is 5.26 Å². The number of hydrogen-bond acceptors (Lipinski definition) is 4. The normalized spacial score (nSPS) is 15.4. The second-order valence-corrected chi connectivity index (χ2v) is 3.56. The van der Waals surface area contributed by atoms with Gasteiger partial charge >= 0.3 is 6.29 Å². The van der Waals surface area contributed by atoms with Crippen LogP contribution in [0.3, 0.4) is 0 Å². The van der Waals surface area contributed by atoms with E-state index in [0.29, 0.717) is 0 Å². The molecule has 0 bridgehead atoms. The number of nitrogens with one attached hydrogen (secondary N) is 1. The summed E-state index contributed by atoms with van der Waals surface area (Å²) in [5.41, 5.74) is 0.764. The van der Waals surface area contributed by atoms with Crippen molar-refractivity contribution in [1.82, 2.24) is 10.2 Å². The Morgan fingerprint density at radius 2 is 2.17 bits per heavy atom. The molecular formula is C11H5F2N3O2. The molecule has 3 rings (SSSR count). The van der Waals surface area contributed by atoms with Gasteiger partial charge < -0.3 is 9.47 Å². The highest BCUT2D eigenvalue weighted by Crippen LogP contribution is 2.46. The number of alkyl halides is 2. The van der Waals surface area contributed by atoms with Crippen molar-refractivity contribution in [2.75, 3.05) is 0 Å². The second kappa shape index (κ2) is 3.43. The number of aromatic amines is 1. The summed E-state index contributed by atoms with van der Waals surface area (Å²) in [4.78, 5) is 0. The summed E-state index contributed by atoms with van der Waals surface area (Å²) in [5, 5.41) is 15.2. The number of halogens is 2. The van der Waals surface area contributed by atoms with Crippen molar-refractivity contribution in [3.05, 3.63) is 30.0 Å². The number of ether oxygens (including phenoxy) is 2. The maximum absolute atomic E-state index is 13.0. The van der Waals surface area contributed by atoms with Crippen LogP contribution in [0.15, 0.2) is 24.4 Å². The van der Waals surface area contributed by atoms with Crippen molar-refractivity contribution in [3.63, 3.8) is 0 Å². The van der Waals surface area contributed by atoms with Gasteiger partial charge in [0.05, 0.1) is 5.56 Å². The highest BCUT2D eigenvalue weighted by atomic mass is 19.3. The third-order valence-corrected chi connectivity index (χ3v) is 2.44. The van der Waals surface area contributed by atoms with Gasteiger partial charge in [0.2, 0.25) is 0 Å². The van der Waals surface area contributed by atoms with Crippen LogP contribution >= 0.6 is 0 Å². The maximum Gasteiger partial charge on any atom is 0.586 e. The highest BCUT2D eigenvalue weighted by Gasteiger charge is 2.44. The van der Waals surface area contributed by atoms with Gasteiger partial charge in [0.15, 0.2) is 11.5 Å². The molecule has 5 nitrogen and oxygen atoms in total.